The molecule has 208 valence electrons. The van der Waals surface area contributed by atoms with Crippen molar-refractivity contribution in [3.05, 3.63) is 28.8 Å². The van der Waals surface area contributed by atoms with Crippen LogP contribution in [-0.2, 0) is 15.8 Å². The first kappa shape index (κ1) is 27.1. The van der Waals surface area contributed by atoms with Gasteiger partial charge in [-0.05, 0) is 69.1 Å². The highest BCUT2D eigenvalue weighted by molar-refractivity contribution is 6.31. The number of β-amino-alcohol motifs (C(OH)–C–C–N with tert-alkyl or cyclic N) is 1. The Morgan fingerprint density at radius 3 is 2.55 bits per heavy atom. The molecule has 0 radical (unpaired) electrons. The molecule has 1 aromatic rings. The van der Waals surface area contributed by atoms with E-state index in [1.54, 1.807) is 16.7 Å². The Hall–Kier alpha value is -2.53. The maximum Gasteiger partial charge on any atom is 0.417 e. The lowest BCUT2D eigenvalue weighted by molar-refractivity contribution is -0.144. The van der Waals surface area contributed by atoms with Gasteiger partial charge in [0.1, 0.15) is 6.04 Å². The molecule has 2 N–H and O–H groups in total. The van der Waals surface area contributed by atoms with Crippen LogP contribution in [0, 0.1) is 5.41 Å². The number of hydrogen-bond donors (Lipinski definition) is 2. The van der Waals surface area contributed by atoms with Crippen molar-refractivity contribution in [1.82, 2.24) is 14.7 Å². The van der Waals surface area contributed by atoms with Crippen molar-refractivity contribution in [3.8, 4) is 0 Å². The van der Waals surface area contributed by atoms with Gasteiger partial charge >= 0.3 is 12.2 Å². The molecule has 1 saturated carbocycles. The molecule has 3 saturated heterocycles. The molecule has 0 aromatic heterocycles. The Balaban J connectivity index is 1.16. The zero-order chi connectivity index (χ0) is 27.4. The second-order valence-corrected chi connectivity index (χ2v) is 11.5. The van der Waals surface area contributed by atoms with Crippen LogP contribution in [0.1, 0.15) is 57.4 Å². The summed E-state index contributed by atoms with van der Waals surface area (Å²) in [4.78, 5) is 44.0. The van der Waals surface area contributed by atoms with Crippen LogP contribution in [0.15, 0.2) is 18.2 Å². The number of alkyl halides is 3. The fraction of sp³-hybridized carbons (Fsp3) is 0.654. The van der Waals surface area contributed by atoms with E-state index in [2.05, 4.69) is 5.32 Å². The highest BCUT2D eigenvalue weighted by atomic mass is 35.5. The molecular weight excluding hydrogens is 525 g/mol. The third kappa shape index (κ3) is 5.06. The summed E-state index contributed by atoms with van der Waals surface area (Å²) in [6, 6.07) is 1.34. The number of fused-ring (bicyclic) bond motifs is 1. The number of carbonyl (C=O) groups is 3. The second-order valence-electron chi connectivity index (χ2n) is 11.1. The summed E-state index contributed by atoms with van der Waals surface area (Å²) in [7, 11) is 0. The van der Waals surface area contributed by atoms with Crippen molar-refractivity contribution in [3.63, 3.8) is 0 Å². The molecule has 4 amide bonds. The Kier molecular flexibility index (Phi) is 7.04. The number of likely N-dealkylation sites (tertiary alicyclic amines) is 1. The number of aliphatic hydroxyl groups is 1. The Labute approximate surface area is 224 Å². The Bertz CT molecular complexity index is 1130. The van der Waals surface area contributed by atoms with Crippen LogP contribution in [0.2, 0.25) is 5.02 Å². The second kappa shape index (κ2) is 9.89. The minimum Gasteiger partial charge on any atom is -0.391 e. The number of piperazine rings is 1. The SMILES string of the molecule is C[C@H]1C(=O)N2[C@@H](CCC(=O)N3CCC4(CC4)[C@H](O)C3)CC[C@H]2CN1C(=O)Nc1ccc(C(F)(F)F)c(Cl)c1. The fourth-order valence-corrected chi connectivity index (χ4v) is 6.52. The van der Waals surface area contributed by atoms with Gasteiger partial charge in [0.25, 0.3) is 0 Å². The van der Waals surface area contributed by atoms with Crippen molar-refractivity contribution in [1.29, 1.82) is 0 Å². The van der Waals surface area contributed by atoms with Crippen LogP contribution in [-0.4, -0.2) is 81.5 Å². The highest BCUT2D eigenvalue weighted by Crippen LogP contribution is 2.53. The van der Waals surface area contributed by atoms with Crippen LogP contribution >= 0.6 is 11.6 Å². The van der Waals surface area contributed by atoms with Gasteiger partial charge in [0.15, 0.2) is 0 Å². The quantitative estimate of drug-likeness (QED) is 0.584. The summed E-state index contributed by atoms with van der Waals surface area (Å²) in [6.07, 6.45) is 0.0833. The number of benzene rings is 1. The molecule has 1 aromatic carbocycles. The average Bonchev–Trinajstić information content (AvgIpc) is 3.51. The predicted molar refractivity (Wildman–Crippen MR) is 133 cm³/mol. The van der Waals surface area contributed by atoms with Gasteiger partial charge < -0.3 is 25.1 Å². The van der Waals surface area contributed by atoms with Gasteiger partial charge in [0.2, 0.25) is 11.8 Å². The zero-order valence-electron chi connectivity index (χ0n) is 21.1. The monoisotopic (exact) mass is 556 g/mol. The maximum absolute atomic E-state index is 13.3. The van der Waals surface area contributed by atoms with E-state index in [4.69, 9.17) is 11.6 Å². The van der Waals surface area contributed by atoms with Gasteiger partial charge in [-0.2, -0.15) is 13.2 Å². The minimum atomic E-state index is -4.60. The van der Waals surface area contributed by atoms with E-state index in [-0.39, 0.29) is 41.5 Å². The fourth-order valence-electron chi connectivity index (χ4n) is 6.23. The smallest absolute Gasteiger partial charge is 0.391 e. The molecular formula is C26H32ClF3N4O4. The number of carbonyl (C=O) groups excluding carboxylic acids is 3. The van der Waals surface area contributed by atoms with Gasteiger partial charge in [-0.1, -0.05) is 11.6 Å². The van der Waals surface area contributed by atoms with Crippen LogP contribution in [0.5, 0.6) is 0 Å². The maximum atomic E-state index is 13.3. The number of amides is 4. The lowest BCUT2D eigenvalue weighted by atomic mass is 9.90. The van der Waals surface area contributed by atoms with E-state index < -0.39 is 34.9 Å². The topological polar surface area (TPSA) is 93.2 Å². The molecule has 0 unspecified atom stereocenters. The summed E-state index contributed by atoms with van der Waals surface area (Å²) in [5.41, 5.74) is -0.857. The van der Waals surface area contributed by atoms with Crippen molar-refractivity contribution in [2.75, 3.05) is 25.0 Å². The molecule has 5 rings (SSSR count). The number of piperidine rings is 1. The third-order valence-electron chi connectivity index (χ3n) is 8.81. The molecule has 3 heterocycles. The van der Waals surface area contributed by atoms with Crippen LogP contribution in [0.3, 0.4) is 0 Å². The van der Waals surface area contributed by atoms with Crippen molar-refractivity contribution < 1.29 is 32.7 Å². The third-order valence-corrected chi connectivity index (χ3v) is 9.12. The van der Waals surface area contributed by atoms with E-state index in [1.165, 1.54) is 4.90 Å². The number of nitrogens with one attached hydrogen (secondary N) is 1. The number of aliphatic hydroxyl groups excluding tert-OH is 1. The van der Waals surface area contributed by atoms with E-state index in [0.717, 1.165) is 43.9 Å². The average molecular weight is 557 g/mol. The van der Waals surface area contributed by atoms with Crippen LogP contribution in [0.4, 0.5) is 23.7 Å². The standard InChI is InChI=1S/C26H32ClF3N4O4/c1-15-23(37)34-17(5-7-22(36)32-11-10-25(8-9-25)21(35)14-32)3-4-18(34)13-33(15)24(38)31-16-2-6-19(20(27)12-16)26(28,29)30/h2,6,12,15,17-18,21,35H,3-5,7-11,13-14H2,1H3,(H,31,38)/t15-,17+,18-,21+/m0/s1. The molecule has 4 aliphatic rings. The number of halogens is 4. The van der Waals surface area contributed by atoms with Gasteiger partial charge in [0, 0.05) is 43.8 Å². The Morgan fingerprint density at radius 1 is 1.18 bits per heavy atom. The number of rotatable bonds is 4. The van der Waals surface area contributed by atoms with E-state index in [9.17, 15) is 32.7 Å². The largest absolute Gasteiger partial charge is 0.417 e. The molecule has 1 aliphatic carbocycles. The lowest BCUT2D eigenvalue weighted by Crippen LogP contribution is -2.62. The van der Waals surface area contributed by atoms with Crippen LogP contribution < -0.4 is 5.32 Å². The van der Waals surface area contributed by atoms with Crippen molar-refractivity contribution in [2.24, 2.45) is 5.41 Å². The number of hydrogen-bond acceptors (Lipinski definition) is 4. The lowest BCUT2D eigenvalue weighted by Gasteiger charge is -2.43. The van der Waals surface area contributed by atoms with E-state index >= 15 is 0 Å². The number of anilines is 1. The minimum absolute atomic E-state index is 0.00304. The van der Waals surface area contributed by atoms with Gasteiger partial charge in [-0.15, -0.1) is 0 Å². The van der Waals surface area contributed by atoms with Crippen molar-refractivity contribution in [2.45, 2.75) is 82.3 Å². The molecule has 8 nitrogen and oxygen atoms in total. The molecule has 12 heteroatoms. The van der Waals surface area contributed by atoms with Gasteiger partial charge in [-0.3, -0.25) is 9.59 Å². The summed E-state index contributed by atoms with van der Waals surface area (Å²) in [5.74, 6) is -0.211. The molecule has 3 aliphatic heterocycles. The first-order chi connectivity index (χ1) is 17.9. The summed E-state index contributed by atoms with van der Waals surface area (Å²) < 4.78 is 38.9. The number of nitrogens with zero attached hydrogens (tertiary/aromatic N) is 3. The molecule has 4 fully saturated rings. The highest BCUT2D eigenvalue weighted by Gasteiger charge is 2.52. The Morgan fingerprint density at radius 2 is 1.92 bits per heavy atom. The first-order valence-electron chi connectivity index (χ1n) is 13.1. The van der Waals surface area contributed by atoms with Crippen LogP contribution in [0.25, 0.3) is 0 Å². The molecule has 1 spiro atoms. The zero-order valence-corrected chi connectivity index (χ0v) is 21.9. The summed E-state index contributed by atoms with van der Waals surface area (Å²) >= 11 is 5.76. The number of urea groups is 1. The summed E-state index contributed by atoms with van der Waals surface area (Å²) in [5, 5.41) is 12.4. The van der Waals surface area contributed by atoms with E-state index in [1.807, 2.05) is 0 Å². The van der Waals surface area contributed by atoms with Crippen molar-refractivity contribution >= 4 is 35.1 Å². The first-order valence-corrected chi connectivity index (χ1v) is 13.5. The van der Waals surface area contributed by atoms with Gasteiger partial charge in [-0.25, -0.2) is 4.79 Å². The molecule has 4 atom stereocenters. The molecule has 38 heavy (non-hydrogen) atoms. The van der Waals surface area contributed by atoms with E-state index in [0.29, 0.717) is 32.4 Å². The summed E-state index contributed by atoms with van der Waals surface area (Å²) in [6.45, 7) is 2.95. The predicted octanol–water partition coefficient (Wildman–Crippen LogP) is 4.11. The van der Waals surface area contributed by atoms with Gasteiger partial charge in [0.05, 0.1) is 16.7 Å². The normalized spacial score (nSPS) is 28.5. The molecule has 0 bridgehead atoms.